The third kappa shape index (κ3) is 3.05. The van der Waals surface area contributed by atoms with Crippen molar-refractivity contribution in [1.82, 2.24) is 24.6 Å². The minimum Gasteiger partial charge on any atom is -0.338 e. The Labute approximate surface area is 127 Å². The van der Waals surface area contributed by atoms with Gasteiger partial charge in [0.15, 0.2) is 0 Å². The fraction of sp³-hybridized carbons (Fsp3) is 0.429. The van der Waals surface area contributed by atoms with E-state index in [1.807, 2.05) is 17.9 Å². The van der Waals surface area contributed by atoms with Gasteiger partial charge in [0.25, 0.3) is 0 Å². The second-order valence-electron chi connectivity index (χ2n) is 5.25. The van der Waals surface area contributed by atoms with Crippen LogP contribution in [0.4, 0.5) is 0 Å². The summed E-state index contributed by atoms with van der Waals surface area (Å²) in [5.74, 6) is 0.114. The SMILES string of the molecule is C[C@H](CC(=O)N1CCc2ncc(Cl)cc2C1)n1cncn1. The quantitative estimate of drug-likeness (QED) is 0.868. The molecule has 0 saturated heterocycles. The van der Waals surface area contributed by atoms with Crippen molar-refractivity contribution in [3.63, 3.8) is 0 Å². The number of hydrogen-bond donors (Lipinski definition) is 0. The lowest BCUT2D eigenvalue weighted by molar-refractivity contribution is -0.132. The highest BCUT2D eigenvalue weighted by atomic mass is 35.5. The summed E-state index contributed by atoms with van der Waals surface area (Å²) in [5.41, 5.74) is 2.07. The minimum absolute atomic E-state index is 0.00103. The van der Waals surface area contributed by atoms with Crippen LogP contribution < -0.4 is 0 Å². The highest BCUT2D eigenvalue weighted by molar-refractivity contribution is 6.30. The van der Waals surface area contributed by atoms with Crippen molar-refractivity contribution < 1.29 is 4.79 Å². The van der Waals surface area contributed by atoms with Crippen LogP contribution in [0.1, 0.15) is 30.6 Å². The number of nitrogens with zero attached hydrogens (tertiary/aromatic N) is 5. The highest BCUT2D eigenvalue weighted by Crippen LogP contribution is 2.22. The zero-order chi connectivity index (χ0) is 14.8. The van der Waals surface area contributed by atoms with Crippen molar-refractivity contribution in [2.45, 2.75) is 32.4 Å². The van der Waals surface area contributed by atoms with E-state index in [1.165, 1.54) is 6.33 Å². The van der Waals surface area contributed by atoms with Crippen LogP contribution >= 0.6 is 11.6 Å². The minimum atomic E-state index is -0.00103. The number of halogens is 1. The molecule has 2 aromatic heterocycles. The molecule has 1 aliphatic heterocycles. The van der Waals surface area contributed by atoms with Gasteiger partial charge in [0.2, 0.25) is 5.91 Å². The fourth-order valence-electron chi connectivity index (χ4n) is 2.53. The van der Waals surface area contributed by atoms with Crippen LogP contribution in [-0.4, -0.2) is 37.1 Å². The molecule has 0 spiro atoms. The number of carbonyl (C=O) groups excluding carboxylic acids is 1. The molecular weight excluding hydrogens is 290 g/mol. The summed E-state index contributed by atoms with van der Waals surface area (Å²) in [6.45, 7) is 3.24. The first-order chi connectivity index (χ1) is 10.1. The highest BCUT2D eigenvalue weighted by Gasteiger charge is 2.23. The smallest absolute Gasteiger partial charge is 0.225 e. The Balaban J connectivity index is 1.67. The van der Waals surface area contributed by atoms with E-state index in [4.69, 9.17) is 11.6 Å². The molecule has 3 heterocycles. The van der Waals surface area contributed by atoms with Crippen LogP contribution in [0, 0.1) is 0 Å². The standard InChI is InChI=1S/C14H16ClN5O/c1-10(20-9-16-8-18-20)4-14(21)19-3-2-13-11(7-19)5-12(15)6-17-13/h5-6,8-10H,2-4,7H2,1H3/t10-/m1/s1. The van der Waals surface area contributed by atoms with Crippen molar-refractivity contribution in [2.75, 3.05) is 6.54 Å². The summed E-state index contributed by atoms with van der Waals surface area (Å²) in [4.78, 5) is 22.5. The zero-order valence-electron chi connectivity index (χ0n) is 11.7. The van der Waals surface area contributed by atoms with E-state index in [0.717, 1.165) is 17.7 Å². The van der Waals surface area contributed by atoms with Gasteiger partial charge in [-0.15, -0.1) is 0 Å². The molecule has 1 atom stereocenters. The van der Waals surface area contributed by atoms with Crippen molar-refractivity contribution in [3.05, 3.63) is 41.2 Å². The molecule has 1 amide bonds. The van der Waals surface area contributed by atoms with Gasteiger partial charge in [-0.1, -0.05) is 11.6 Å². The Morgan fingerprint density at radius 1 is 1.52 bits per heavy atom. The number of fused-ring (bicyclic) bond motifs is 1. The molecule has 0 N–H and O–H groups in total. The Hall–Kier alpha value is -1.95. The monoisotopic (exact) mass is 305 g/mol. The molecule has 0 bridgehead atoms. The lowest BCUT2D eigenvalue weighted by Crippen LogP contribution is -2.37. The van der Waals surface area contributed by atoms with E-state index in [2.05, 4.69) is 15.1 Å². The van der Waals surface area contributed by atoms with Crippen molar-refractivity contribution >= 4 is 17.5 Å². The van der Waals surface area contributed by atoms with E-state index in [9.17, 15) is 4.79 Å². The lowest BCUT2D eigenvalue weighted by atomic mass is 10.0. The second-order valence-corrected chi connectivity index (χ2v) is 5.69. The molecule has 0 unspecified atom stereocenters. The topological polar surface area (TPSA) is 63.9 Å². The molecule has 7 heteroatoms. The molecule has 1 aliphatic rings. The van der Waals surface area contributed by atoms with Crippen LogP contribution in [0.2, 0.25) is 5.02 Å². The summed E-state index contributed by atoms with van der Waals surface area (Å²) in [6, 6.07) is 1.89. The first-order valence-corrected chi connectivity index (χ1v) is 7.26. The van der Waals surface area contributed by atoms with Gasteiger partial charge < -0.3 is 4.90 Å². The van der Waals surface area contributed by atoms with E-state index in [1.54, 1.807) is 17.2 Å². The van der Waals surface area contributed by atoms with Gasteiger partial charge in [-0.25, -0.2) is 9.67 Å². The Morgan fingerprint density at radius 2 is 2.38 bits per heavy atom. The van der Waals surface area contributed by atoms with Gasteiger partial charge >= 0.3 is 0 Å². The number of aromatic nitrogens is 4. The fourth-order valence-corrected chi connectivity index (χ4v) is 2.71. The van der Waals surface area contributed by atoms with Gasteiger partial charge in [0, 0.05) is 37.8 Å². The maximum Gasteiger partial charge on any atom is 0.225 e. The van der Waals surface area contributed by atoms with Gasteiger partial charge in [-0.2, -0.15) is 5.10 Å². The Morgan fingerprint density at radius 3 is 3.14 bits per heavy atom. The lowest BCUT2D eigenvalue weighted by Gasteiger charge is -2.29. The summed E-state index contributed by atoms with van der Waals surface area (Å²) in [7, 11) is 0. The van der Waals surface area contributed by atoms with Crippen LogP contribution in [0.3, 0.4) is 0 Å². The van der Waals surface area contributed by atoms with E-state index >= 15 is 0 Å². The maximum absolute atomic E-state index is 12.4. The molecule has 0 aliphatic carbocycles. The average Bonchev–Trinajstić information content (AvgIpc) is 3.00. The average molecular weight is 306 g/mol. The molecule has 0 radical (unpaired) electrons. The number of hydrogen-bond acceptors (Lipinski definition) is 4. The number of rotatable bonds is 3. The summed E-state index contributed by atoms with van der Waals surface area (Å²) in [6.07, 6.45) is 5.95. The maximum atomic E-state index is 12.4. The predicted molar refractivity (Wildman–Crippen MR) is 77.7 cm³/mol. The number of carbonyl (C=O) groups is 1. The van der Waals surface area contributed by atoms with E-state index < -0.39 is 0 Å². The Kier molecular flexibility index (Phi) is 3.88. The summed E-state index contributed by atoms with van der Waals surface area (Å²) >= 11 is 5.97. The van der Waals surface area contributed by atoms with Gasteiger partial charge in [0.05, 0.1) is 11.1 Å². The molecule has 6 nitrogen and oxygen atoms in total. The van der Waals surface area contributed by atoms with Crippen LogP contribution in [0.5, 0.6) is 0 Å². The molecule has 2 aromatic rings. The van der Waals surface area contributed by atoms with Crippen LogP contribution in [-0.2, 0) is 17.8 Å². The second kappa shape index (κ2) is 5.81. The number of pyridine rings is 1. The molecule has 0 aromatic carbocycles. The first-order valence-electron chi connectivity index (χ1n) is 6.88. The third-order valence-corrected chi connectivity index (χ3v) is 3.92. The summed E-state index contributed by atoms with van der Waals surface area (Å²) < 4.78 is 1.70. The molecular formula is C14H16ClN5O. The molecule has 0 fully saturated rings. The first kappa shape index (κ1) is 14.0. The van der Waals surface area contributed by atoms with E-state index in [-0.39, 0.29) is 11.9 Å². The third-order valence-electron chi connectivity index (χ3n) is 3.72. The molecule has 0 saturated carbocycles. The largest absolute Gasteiger partial charge is 0.338 e. The molecule has 3 rings (SSSR count). The van der Waals surface area contributed by atoms with Crippen LogP contribution in [0.15, 0.2) is 24.9 Å². The van der Waals surface area contributed by atoms with Crippen molar-refractivity contribution in [3.8, 4) is 0 Å². The van der Waals surface area contributed by atoms with Crippen LogP contribution in [0.25, 0.3) is 0 Å². The zero-order valence-corrected chi connectivity index (χ0v) is 12.5. The number of amides is 1. The van der Waals surface area contributed by atoms with E-state index in [0.29, 0.717) is 24.5 Å². The summed E-state index contributed by atoms with van der Waals surface area (Å²) in [5, 5.41) is 4.68. The van der Waals surface area contributed by atoms with Gasteiger partial charge in [-0.3, -0.25) is 9.78 Å². The molecule has 21 heavy (non-hydrogen) atoms. The molecule has 110 valence electrons. The van der Waals surface area contributed by atoms with Gasteiger partial charge in [-0.05, 0) is 18.6 Å². The van der Waals surface area contributed by atoms with Crippen molar-refractivity contribution in [1.29, 1.82) is 0 Å². The normalized spacial score (nSPS) is 15.6. The van der Waals surface area contributed by atoms with Crippen molar-refractivity contribution in [2.24, 2.45) is 0 Å². The Bertz CT molecular complexity index is 643. The van der Waals surface area contributed by atoms with Gasteiger partial charge in [0.1, 0.15) is 12.7 Å². The predicted octanol–water partition coefficient (Wildman–Crippen LogP) is 1.86.